The van der Waals surface area contributed by atoms with Crippen molar-refractivity contribution in [3.8, 4) is 0 Å². The number of benzene rings is 1. The molecule has 0 spiro atoms. The Kier molecular flexibility index (Phi) is 7.01. The van der Waals surface area contributed by atoms with Gasteiger partial charge in [0.2, 0.25) is 0 Å². The van der Waals surface area contributed by atoms with E-state index >= 15 is 0 Å². The second-order valence-electron chi connectivity index (χ2n) is 8.78. The summed E-state index contributed by atoms with van der Waals surface area (Å²) in [4.78, 5) is 12.4. The number of ether oxygens (including phenoxy) is 1. The van der Waals surface area contributed by atoms with Gasteiger partial charge in [0.25, 0.3) is 0 Å². The van der Waals surface area contributed by atoms with Gasteiger partial charge in [-0.1, -0.05) is 85.2 Å². The number of hydrogen-bond donors (Lipinski definition) is 0. The lowest BCUT2D eigenvalue weighted by molar-refractivity contribution is -0.0394. The smallest absolute Gasteiger partial charge is 0.188 e. The molecule has 0 fully saturated rings. The highest BCUT2D eigenvalue weighted by Gasteiger charge is 2.34. The fourth-order valence-electron chi connectivity index (χ4n) is 3.24. The van der Waals surface area contributed by atoms with E-state index in [1.165, 1.54) is 0 Å². The Morgan fingerprint density at radius 1 is 1.04 bits per heavy atom. The second kappa shape index (κ2) is 8.10. The van der Waals surface area contributed by atoms with Crippen molar-refractivity contribution < 1.29 is 9.53 Å². The Balaban J connectivity index is 2.83. The van der Waals surface area contributed by atoms with Gasteiger partial charge in [0, 0.05) is 5.56 Å². The van der Waals surface area contributed by atoms with E-state index in [0.717, 1.165) is 18.4 Å². The van der Waals surface area contributed by atoms with Crippen molar-refractivity contribution in [2.45, 2.75) is 67.4 Å². The number of carbonyl (C=O) groups excluding carboxylic acids is 1. The lowest BCUT2D eigenvalue weighted by Crippen LogP contribution is -2.37. The van der Waals surface area contributed by atoms with Gasteiger partial charge in [-0.3, -0.25) is 4.79 Å². The molecular weight excluding hydrogens is 284 g/mol. The van der Waals surface area contributed by atoms with Crippen molar-refractivity contribution in [2.75, 3.05) is 6.61 Å². The van der Waals surface area contributed by atoms with Crippen LogP contribution in [0.1, 0.15) is 71.7 Å². The molecule has 2 nitrogen and oxygen atoms in total. The van der Waals surface area contributed by atoms with Crippen LogP contribution in [0.5, 0.6) is 0 Å². The molecule has 2 atom stereocenters. The van der Waals surface area contributed by atoms with Crippen LogP contribution in [0, 0.1) is 16.7 Å². The largest absolute Gasteiger partial charge is 0.370 e. The Bertz CT molecular complexity index is 477. The molecule has 23 heavy (non-hydrogen) atoms. The third-order valence-corrected chi connectivity index (χ3v) is 4.34. The van der Waals surface area contributed by atoms with Crippen molar-refractivity contribution in [3.63, 3.8) is 0 Å². The molecule has 0 saturated carbocycles. The Morgan fingerprint density at radius 3 is 2.04 bits per heavy atom. The lowest BCUT2D eigenvalue weighted by Gasteiger charge is -2.39. The molecule has 1 aromatic rings. The minimum atomic E-state index is 0.0632. The summed E-state index contributed by atoms with van der Waals surface area (Å²) in [5, 5.41) is 0. The summed E-state index contributed by atoms with van der Waals surface area (Å²) < 4.78 is 6.16. The number of ketones is 1. The van der Waals surface area contributed by atoms with Gasteiger partial charge in [-0.15, -0.1) is 0 Å². The minimum absolute atomic E-state index is 0.0632. The van der Waals surface area contributed by atoms with E-state index in [-0.39, 0.29) is 29.3 Å². The number of Topliss-reactive ketones (excluding diaryl/α,β-unsaturated/α-hetero) is 1. The van der Waals surface area contributed by atoms with Gasteiger partial charge >= 0.3 is 0 Å². The number of carbonyl (C=O) groups is 1. The number of hydrogen-bond acceptors (Lipinski definition) is 2. The van der Waals surface area contributed by atoms with Crippen molar-refractivity contribution >= 4 is 5.78 Å². The van der Waals surface area contributed by atoms with Crippen LogP contribution in [-0.4, -0.2) is 18.5 Å². The van der Waals surface area contributed by atoms with E-state index in [1.54, 1.807) is 0 Å². The van der Waals surface area contributed by atoms with Crippen LogP contribution in [0.4, 0.5) is 0 Å². The van der Waals surface area contributed by atoms with E-state index < -0.39 is 0 Å². The first-order valence-electron chi connectivity index (χ1n) is 8.74. The van der Waals surface area contributed by atoms with Gasteiger partial charge in [-0.25, -0.2) is 0 Å². The summed E-state index contributed by atoms with van der Waals surface area (Å²) in [6.07, 6.45) is 2.13. The van der Waals surface area contributed by atoms with E-state index in [9.17, 15) is 4.79 Å². The molecule has 0 aliphatic rings. The van der Waals surface area contributed by atoms with Crippen molar-refractivity contribution in [1.29, 1.82) is 0 Å². The summed E-state index contributed by atoms with van der Waals surface area (Å²) in [6.45, 7) is 15.9. The minimum Gasteiger partial charge on any atom is -0.370 e. The molecule has 0 N–H and O–H groups in total. The van der Waals surface area contributed by atoms with E-state index in [4.69, 9.17) is 4.74 Å². The van der Waals surface area contributed by atoms with E-state index in [0.29, 0.717) is 5.92 Å². The maximum atomic E-state index is 12.4. The first-order valence-corrected chi connectivity index (χ1v) is 8.74. The van der Waals surface area contributed by atoms with Gasteiger partial charge < -0.3 is 4.74 Å². The van der Waals surface area contributed by atoms with Crippen LogP contribution in [0.2, 0.25) is 0 Å². The standard InChI is InChI=1S/C21H34O2/c1-8-17(21(5,6)7)19(14-20(2,3)4)23-15-18(22)16-12-10-9-11-13-16/h9-13,17,19H,8,14-15H2,1-7H3. The zero-order valence-corrected chi connectivity index (χ0v) is 16.0. The van der Waals surface area contributed by atoms with Crippen molar-refractivity contribution in [2.24, 2.45) is 16.7 Å². The lowest BCUT2D eigenvalue weighted by atomic mass is 9.72. The first kappa shape index (κ1) is 19.9. The molecule has 130 valence electrons. The monoisotopic (exact) mass is 318 g/mol. The van der Waals surface area contributed by atoms with Crippen LogP contribution in [0.25, 0.3) is 0 Å². The molecule has 1 aromatic carbocycles. The summed E-state index contributed by atoms with van der Waals surface area (Å²) in [6, 6.07) is 9.41. The maximum Gasteiger partial charge on any atom is 0.188 e. The molecule has 0 amide bonds. The number of rotatable bonds is 7. The fraction of sp³-hybridized carbons (Fsp3) is 0.667. The van der Waals surface area contributed by atoms with Gasteiger partial charge in [0.05, 0.1) is 6.10 Å². The predicted octanol–water partition coefficient (Wildman–Crippen LogP) is 5.76. The quantitative estimate of drug-likeness (QED) is 0.597. The average Bonchev–Trinajstić information content (AvgIpc) is 2.43. The van der Waals surface area contributed by atoms with E-state index in [2.05, 4.69) is 48.5 Å². The molecule has 0 aliphatic heterocycles. The van der Waals surface area contributed by atoms with Gasteiger partial charge in [-0.05, 0) is 23.2 Å². The van der Waals surface area contributed by atoms with Crippen molar-refractivity contribution in [1.82, 2.24) is 0 Å². The highest BCUT2D eigenvalue weighted by atomic mass is 16.5. The normalized spacial score (nSPS) is 15.3. The Morgan fingerprint density at radius 2 is 1.61 bits per heavy atom. The molecule has 0 heterocycles. The maximum absolute atomic E-state index is 12.4. The molecule has 1 rings (SSSR count). The highest BCUT2D eigenvalue weighted by Crippen LogP contribution is 2.37. The molecule has 2 unspecified atom stereocenters. The molecule has 0 bridgehead atoms. The molecular formula is C21H34O2. The molecule has 0 saturated heterocycles. The Hall–Kier alpha value is -1.15. The third-order valence-electron chi connectivity index (χ3n) is 4.34. The van der Waals surface area contributed by atoms with Gasteiger partial charge in [0.15, 0.2) is 5.78 Å². The molecule has 2 heteroatoms. The van der Waals surface area contributed by atoms with Crippen molar-refractivity contribution in [3.05, 3.63) is 35.9 Å². The molecule has 0 aliphatic carbocycles. The summed E-state index contributed by atoms with van der Waals surface area (Å²) in [5.41, 5.74) is 1.07. The summed E-state index contributed by atoms with van der Waals surface area (Å²) in [5.74, 6) is 0.499. The highest BCUT2D eigenvalue weighted by molar-refractivity contribution is 5.97. The van der Waals surface area contributed by atoms with Gasteiger partial charge in [-0.2, -0.15) is 0 Å². The van der Waals surface area contributed by atoms with Crippen LogP contribution in [-0.2, 0) is 4.74 Å². The SMILES string of the molecule is CCC(C(CC(C)(C)C)OCC(=O)c1ccccc1)C(C)(C)C. The van der Waals surface area contributed by atoms with Crippen LogP contribution in [0.3, 0.4) is 0 Å². The van der Waals surface area contributed by atoms with Crippen LogP contribution >= 0.6 is 0 Å². The zero-order chi connectivity index (χ0) is 17.7. The average molecular weight is 319 g/mol. The summed E-state index contributed by atoms with van der Waals surface area (Å²) >= 11 is 0. The molecule has 0 aromatic heterocycles. The Labute approximate surface area is 142 Å². The molecule has 0 radical (unpaired) electrons. The topological polar surface area (TPSA) is 26.3 Å². The third kappa shape index (κ3) is 6.87. The van der Waals surface area contributed by atoms with E-state index in [1.807, 2.05) is 30.3 Å². The van der Waals surface area contributed by atoms with Crippen LogP contribution in [0.15, 0.2) is 30.3 Å². The van der Waals surface area contributed by atoms with Crippen LogP contribution < -0.4 is 0 Å². The van der Waals surface area contributed by atoms with Gasteiger partial charge in [0.1, 0.15) is 6.61 Å². The zero-order valence-electron chi connectivity index (χ0n) is 16.0. The fourth-order valence-corrected chi connectivity index (χ4v) is 3.24. The predicted molar refractivity (Wildman–Crippen MR) is 97.8 cm³/mol. The second-order valence-corrected chi connectivity index (χ2v) is 8.78. The summed E-state index contributed by atoms with van der Waals surface area (Å²) in [7, 11) is 0. The first-order chi connectivity index (χ1) is 10.5.